The van der Waals surface area contributed by atoms with Gasteiger partial charge < -0.3 is 5.32 Å². The number of halogens is 2. The monoisotopic (exact) mass is 401 g/mol. The maximum Gasteiger partial charge on any atom is 0.178 e. The van der Waals surface area contributed by atoms with E-state index in [1.807, 2.05) is 47.1 Å². The van der Waals surface area contributed by atoms with Crippen molar-refractivity contribution in [3.8, 4) is 0 Å². The molecule has 1 fully saturated rings. The van der Waals surface area contributed by atoms with Crippen molar-refractivity contribution in [2.45, 2.75) is 44.2 Å². The number of benzene rings is 2. The molecular formula is C20H21Cl2N5. The molecule has 1 N–H and O–H groups in total. The molecule has 0 saturated heterocycles. The van der Waals surface area contributed by atoms with E-state index in [1.165, 1.54) is 19.3 Å². The Hall–Kier alpha value is -2.11. The molecule has 3 aromatic rings. The Morgan fingerprint density at radius 1 is 1.00 bits per heavy atom. The summed E-state index contributed by atoms with van der Waals surface area (Å²) in [5.41, 5.74) is 1.88. The summed E-state index contributed by atoms with van der Waals surface area (Å²) in [6.07, 6.45) is 5.91. The van der Waals surface area contributed by atoms with Crippen LogP contribution in [0.1, 0.15) is 55.6 Å². The molecule has 1 saturated carbocycles. The fraction of sp³-hybridized carbons (Fsp3) is 0.350. The summed E-state index contributed by atoms with van der Waals surface area (Å²) < 4.78 is 1.98. The SMILES string of the molecule is Clc1ccc([C@H](Nc2ccccc2)c2nnnn2C2CCCCC2)c(Cl)c1. The molecule has 0 aliphatic heterocycles. The van der Waals surface area contributed by atoms with Crippen LogP contribution in [-0.2, 0) is 0 Å². The Morgan fingerprint density at radius 3 is 2.52 bits per heavy atom. The standard InChI is InChI=1S/C20H21Cl2N5/c21-14-11-12-17(18(22)13-14)19(23-15-7-3-1-4-8-15)20-24-25-26-27(20)16-9-5-2-6-10-16/h1,3-4,7-8,11-13,16,19,23H,2,5-6,9-10H2/t19-/m0/s1. The third-order valence-electron chi connectivity index (χ3n) is 5.06. The lowest BCUT2D eigenvalue weighted by atomic mass is 9.95. The minimum Gasteiger partial charge on any atom is -0.371 e. The smallest absolute Gasteiger partial charge is 0.178 e. The van der Waals surface area contributed by atoms with E-state index in [9.17, 15) is 0 Å². The van der Waals surface area contributed by atoms with Gasteiger partial charge in [-0.25, -0.2) is 4.68 Å². The van der Waals surface area contributed by atoms with Crippen LogP contribution in [0.3, 0.4) is 0 Å². The first-order valence-corrected chi connectivity index (χ1v) is 10.0. The molecule has 1 heterocycles. The number of aromatic nitrogens is 4. The van der Waals surface area contributed by atoms with Crippen molar-refractivity contribution < 1.29 is 0 Å². The summed E-state index contributed by atoms with van der Waals surface area (Å²) >= 11 is 12.7. The normalized spacial score (nSPS) is 16.2. The number of nitrogens with zero attached hydrogens (tertiary/aromatic N) is 4. The third-order valence-corrected chi connectivity index (χ3v) is 5.62. The number of rotatable bonds is 5. The molecule has 0 unspecified atom stereocenters. The zero-order chi connectivity index (χ0) is 18.6. The minimum atomic E-state index is -0.269. The summed E-state index contributed by atoms with van der Waals surface area (Å²) in [5.74, 6) is 0.773. The summed E-state index contributed by atoms with van der Waals surface area (Å²) in [6.45, 7) is 0. The summed E-state index contributed by atoms with van der Waals surface area (Å²) in [6, 6.07) is 15.6. The highest BCUT2D eigenvalue weighted by atomic mass is 35.5. The first-order valence-electron chi connectivity index (χ1n) is 9.26. The van der Waals surface area contributed by atoms with Crippen LogP contribution in [0.5, 0.6) is 0 Å². The van der Waals surface area contributed by atoms with Gasteiger partial charge in [0, 0.05) is 21.3 Å². The quantitative estimate of drug-likeness (QED) is 0.596. The Bertz CT molecular complexity index is 890. The Kier molecular flexibility index (Phi) is 5.60. The first kappa shape index (κ1) is 18.3. The van der Waals surface area contributed by atoms with Crippen molar-refractivity contribution in [1.82, 2.24) is 20.2 Å². The molecule has 0 spiro atoms. The van der Waals surface area contributed by atoms with Gasteiger partial charge in [-0.3, -0.25) is 0 Å². The number of tetrazole rings is 1. The molecule has 5 nitrogen and oxygen atoms in total. The highest BCUT2D eigenvalue weighted by Gasteiger charge is 2.27. The lowest BCUT2D eigenvalue weighted by Crippen LogP contribution is -2.23. The van der Waals surface area contributed by atoms with Crippen LogP contribution in [0.15, 0.2) is 48.5 Å². The molecule has 0 amide bonds. The van der Waals surface area contributed by atoms with Gasteiger partial charge in [0.2, 0.25) is 0 Å². The molecule has 27 heavy (non-hydrogen) atoms. The van der Waals surface area contributed by atoms with Gasteiger partial charge in [0.05, 0.1) is 6.04 Å². The van der Waals surface area contributed by atoms with Gasteiger partial charge in [0.25, 0.3) is 0 Å². The lowest BCUT2D eigenvalue weighted by molar-refractivity contribution is 0.315. The fourth-order valence-electron chi connectivity index (χ4n) is 3.69. The predicted octanol–water partition coefficient (Wildman–Crippen LogP) is 5.69. The Labute approximate surface area is 168 Å². The van der Waals surface area contributed by atoms with Crippen LogP contribution in [0, 0.1) is 0 Å². The van der Waals surface area contributed by atoms with Crippen molar-refractivity contribution in [2.24, 2.45) is 0 Å². The summed E-state index contributed by atoms with van der Waals surface area (Å²) in [4.78, 5) is 0. The number of nitrogens with one attached hydrogen (secondary N) is 1. The number of hydrogen-bond acceptors (Lipinski definition) is 4. The third kappa shape index (κ3) is 4.09. The van der Waals surface area contributed by atoms with Crippen LogP contribution in [0.4, 0.5) is 5.69 Å². The van der Waals surface area contributed by atoms with E-state index in [0.29, 0.717) is 16.1 Å². The second-order valence-electron chi connectivity index (χ2n) is 6.88. The maximum absolute atomic E-state index is 6.54. The molecular weight excluding hydrogens is 381 g/mol. The van der Waals surface area contributed by atoms with Crippen LogP contribution < -0.4 is 5.32 Å². The van der Waals surface area contributed by atoms with Gasteiger partial charge in [-0.1, -0.05) is 66.7 Å². The van der Waals surface area contributed by atoms with E-state index in [0.717, 1.165) is 29.9 Å². The summed E-state index contributed by atoms with van der Waals surface area (Å²) in [7, 11) is 0. The van der Waals surface area contributed by atoms with Gasteiger partial charge in [0.15, 0.2) is 5.82 Å². The molecule has 140 valence electrons. The number of hydrogen-bond donors (Lipinski definition) is 1. The highest BCUT2D eigenvalue weighted by Crippen LogP contribution is 2.35. The van der Waals surface area contributed by atoms with Crippen molar-refractivity contribution in [1.29, 1.82) is 0 Å². The molecule has 0 bridgehead atoms. The van der Waals surface area contributed by atoms with Gasteiger partial charge in [-0.05, 0) is 47.5 Å². The number of para-hydroxylation sites is 1. The topological polar surface area (TPSA) is 55.6 Å². The van der Waals surface area contributed by atoms with E-state index in [4.69, 9.17) is 23.2 Å². The average molecular weight is 402 g/mol. The van der Waals surface area contributed by atoms with Gasteiger partial charge in [0.1, 0.15) is 6.04 Å². The van der Waals surface area contributed by atoms with Crippen molar-refractivity contribution in [3.63, 3.8) is 0 Å². The second kappa shape index (κ2) is 8.28. The molecule has 1 aliphatic carbocycles. The summed E-state index contributed by atoms with van der Waals surface area (Å²) in [5, 5.41) is 17.4. The molecule has 2 aromatic carbocycles. The molecule has 0 radical (unpaired) electrons. The van der Waals surface area contributed by atoms with E-state index in [-0.39, 0.29) is 6.04 Å². The zero-order valence-electron chi connectivity index (χ0n) is 14.9. The van der Waals surface area contributed by atoms with Crippen molar-refractivity contribution in [2.75, 3.05) is 5.32 Å². The van der Waals surface area contributed by atoms with Gasteiger partial charge in [-0.2, -0.15) is 0 Å². The van der Waals surface area contributed by atoms with Crippen LogP contribution in [-0.4, -0.2) is 20.2 Å². The Morgan fingerprint density at radius 2 is 1.78 bits per heavy atom. The van der Waals surface area contributed by atoms with Gasteiger partial charge in [-0.15, -0.1) is 5.10 Å². The van der Waals surface area contributed by atoms with Crippen molar-refractivity contribution >= 4 is 28.9 Å². The largest absolute Gasteiger partial charge is 0.371 e. The lowest BCUT2D eigenvalue weighted by Gasteiger charge is -2.26. The highest BCUT2D eigenvalue weighted by molar-refractivity contribution is 6.35. The molecule has 1 aliphatic rings. The molecule has 4 rings (SSSR count). The van der Waals surface area contributed by atoms with Crippen LogP contribution >= 0.6 is 23.2 Å². The van der Waals surface area contributed by atoms with Crippen LogP contribution in [0.2, 0.25) is 10.0 Å². The van der Waals surface area contributed by atoms with Crippen molar-refractivity contribution in [3.05, 3.63) is 70.0 Å². The van der Waals surface area contributed by atoms with E-state index in [2.05, 4.69) is 20.8 Å². The fourth-order valence-corrected chi connectivity index (χ4v) is 4.21. The van der Waals surface area contributed by atoms with E-state index < -0.39 is 0 Å². The Balaban J connectivity index is 1.75. The molecule has 1 aromatic heterocycles. The predicted molar refractivity (Wildman–Crippen MR) is 108 cm³/mol. The second-order valence-corrected chi connectivity index (χ2v) is 7.73. The van der Waals surface area contributed by atoms with Crippen LogP contribution in [0.25, 0.3) is 0 Å². The van der Waals surface area contributed by atoms with Gasteiger partial charge >= 0.3 is 0 Å². The number of anilines is 1. The zero-order valence-corrected chi connectivity index (χ0v) is 16.4. The molecule has 7 heteroatoms. The van der Waals surface area contributed by atoms with E-state index in [1.54, 1.807) is 6.07 Å². The molecule has 1 atom stereocenters. The average Bonchev–Trinajstić information content (AvgIpc) is 3.18. The first-order chi connectivity index (χ1) is 13.2. The maximum atomic E-state index is 6.54. The minimum absolute atomic E-state index is 0.269. The van der Waals surface area contributed by atoms with E-state index >= 15 is 0 Å².